The van der Waals surface area contributed by atoms with Gasteiger partial charge in [-0.15, -0.1) is 0 Å². The Bertz CT molecular complexity index is 267. The lowest BCUT2D eigenvalue weighted by Crippen LogP contribution is -2.26. The fourth-order valence-electron chi connectivity index (χ4n) is 0.813. The van der Waals surface area contributed by atoms with E-state index in [2.05, 4.69) is 15.5 Å². The minimum absolute atomic E-state index is 0.0385. The summed E-state index contributed by atoms with van der Waals surface area (Å²) < 4.78 is 5.01. The lowest BCUT2D eigenvalue weighted by Gasteiger charge is -2.17. The molecule has 5 heteroatoms. The molecule has 1 aromatic rings. The minimum Gasteiger partial charge on any atom is -0.333 e. The number of thioether (sulfide) groups is 1. The summed E-state index contributed by atoms with van der Waals surface area (Å²) >= 11 is 1.67. The highest BCUT2D eigenvalue weighted by Gasteiger charge is 2.13. The van der Waals surface area contributed by atoms with Crippen LogP contribution in [0.25, 0.3) is 0 Å². The third-order valence-electron chi connectivity index (χ3n) is 1.22. The molecule has 0 spiro atoms. The molecule has 74 valence electrons. The summed E-state index contributed by atoms with van der Waals surface area (Å²) in [5, 5.41) is 6.93. The Morgan fingerprint density at radius 2 is 2.15 bits per heavy atom. The smallest absolute Gasteiger partial charge is 0.321 e. The summed E-state index contributed by atoms with van der Waals surface area (Å²) in [4.78, 5) is 4.18. The Labute approximate surface area is 82.5 Å². The van der Waals surface area contributed by atoms with Crippen LogP contribution in [-0.4, -0.2) is 21.9 Å². The highest BCUT2D eigenvalue weighted by molar-refractivity contribution is 7.97. The summed E-state index contributed by atoms with van der Waals surface area (Å²) in [6.07, 6.45) is 2.01. The predicted molar refractivity (Wildman–Crippen MR) is 54.9 cm³/mol. The van der Waals surface area contributed by atoms with E-state index in [0.717, 1.165) is 11.6 Å². The van der Waals surface area contributed by atoms with E-state index in [9.17, 15) is 0 Å². The van der Waals surface area contributed by atoms with Crippen molar-refractivity contribution in [2.75, 3.05) is 11.6 Å². The summed E-state index contributed by atoms with van der Waals surface area (Å²) in [5.41, 5.74) is -0.0385. The number of hydrogen-bond acceptors (Lipinski definition) is 5. The molecule has 1 heterocycles. The molecule has 0 saturated carbocycles. The Morgan fingerprint density at radius 3 is 2.69 bits per heavy atom. The van der Waals surface area contributed by atoms with Crippen LogP contribution in [0.1, 0.15) is 26.6 Å². The van der Waals surface area contributed by atoms with Gasteiger partial charge in [-0.05, 0) is 27.0 Å². The molecule has 0 bridgehead atoms. The average molecular weight is 201 g/mol. The van der Waals surface area contributed by atoms with Gasteiger partial charge in [-0.3, -0.25) is 0 Å². The number of rotatable bonds is 3. The van der Waals surface area contributed by atoms with Gasteiger partial charge in [0.05, 0.1) is 5.75 Å². The molecular weight excluding hydrogens is 186 g/mol. The second kappa shape index (κ2) is 4.00. The number of aromatic nitrogens is 2. The second-order valence-electron chi connectivity index (χ2n) is 3.82. The van der Waals surface area contributed by atoms with Crippen molar-refractivity contribution in [2.45, 2.75) is 32.1 Å². The molecule has 0 aliphatic rings. The van der Waals surface area contributed by atoms with Gasteiger partial charge in [0.25, 0.3) is 0 Å². The molecule has 0 atom stereocenters. The Kier molecular flexibility index (Phi) is 3.19. The van der Waals surface area contributed by atoms with Gasteiger partial charge in [-0.2, -0.15) is 16.7 Å². The molecule has 0 aliphatic heterocycles. The third kappa shape index (κ3) is 3.67. The van der Waals surface area contributed by atoms with Crippen LogP contribution >= 0.6 is 11.8 Å². The topological polar surface area (TPSA) is 51.0 Å². The van der Waals surface area contributed by atoms with E-state index in [-0.39, 0.29) is 5.54 Å². The van der Waals surface area contributed by atoms with Crippen LogP contribution in [0.5, 0.6) is 0 Å². The number of nitrogens with one attached hydrogen (secondary N) is 1. The maximum Gasteiger partial charge on any atom is 0.321 e. The fourth-order valence-corrected chi connectivity index (χ4v) is 1.19. The average Bonchev–Trinajstić information content (AvgIpc) is 2.33. The van der Waals surface area contributed by atoms with Gasteiger partial charge in [0.15, 0.2) is 5.82 Å². The van der Waals surface area contributed by atoms with Gasteiger partial charge in [-0.25, -0.2) is 0 Å². The second-order valence-corrected chi connectivity index (χ2v) is 4.69. The molecular formula is C8H15N3OS. The van der Waals surface area contributed by atoms with Gasteiger partial charge in [0, 0.05) is 5.54 Å². The van der Waals surface area contributed by atoms with Crippen LogP contribution in [0, 0.1) is 0 Å². The van der Waals surface area contributed by atoms with Crippen LogP contribution in [0.15, 0.2) is 4.52 Å². The zero-order valence-electron chi connectivity index (χ0n) is 8.42. The molecule has 1 N–H and O–H groups in total. The first kappa shape index (κ1) is 10.4. The molecule has 1 aromatic heterocycles. The Balaban J connectivity index is 2.59. The van der Waals surface area contributed by atoms with Crippen molar-refractivity contribution < 1.29 is 4.52 Å². The van der Waals surface area contributed by atoms with Gasteiger partial charge >= 0.3 is 6.01 Å². The molecule has 0 aliphatic carbocycles. The first-order chi connectivity index (χ1) is 6.01. The zero-order valence-corrected chi connectivity index (χ0v) is 9.23. The van der Waals surface area contributed by atoms with E-state index in [1.54, 1.807) is 11.8 Å². The van der Waals surface area contributed by atoms with Gasteiger partial charge in [0.2, 0.25) is 0 Å². The molecule has 0 radical (unpaired) electrons. The van der Waals surface area contributed by atoms with Crippen LogP contribution in [0.4, 0.5) is 6.01 Å². The predicted octanol–water partition coefficient (Wildman–Crippen LogP) is 2.14. The Morgan fingerprint density at radius 1 is 1.46 bits per heavy atom. The third-order valence-corrected chi connectivity index (χ3v) is 1.77. The number of nitrogens with zero attached hydrogens (tertiary/aromatic N) is 2. The standard InChI is InChI=1S/C8H15N3OS/c1-8(2,3)10-7-9-6(5-13-4)11-12-7/h5H2,1-4H3,(H,9,10,11). The van der Waals surface area contributed by atoms with Crippen molar-refractivity contribution in [3.05, 3.63) is 5.82 Å². The van der Waals surface area contributed by atoms with Crippen molar-refractivity contribution in [3.63, 3.8) is 0 Å². The van der Waals surface area contributed by atoms with Gasteiger partial charge < -0.3 is 9.84 Å². The maximum absolute atomic E-state index is 5.01. The van der Waals surface area contributed by atoms with E-state index in [4.69, 9.17) is 4.52 Å². The lowest BCUT2D eigenvalue weighted by atomic mass is 10.1. The normalized spacial score (nSPS) is 11.7. The summed E-state index contributed by atoms with van der Waals surface area (Å²) in [6, 6.07) is 0.497. The molecule has 0 saturated heterocycles. The van der Waals surface area contributed by atoms with Gasteiger partial charge in [-0.1, -0.05) is 5.16 Å². The van der Waals surface area contributed by atoms with Crippen molar-refractivity contribution in [1.82, 2.24) is 10.1 Å². The van der Waals surface area contributed by atoms with E-state index in [0.29, 0.717) is 6.01 Å². The lowest BCUT2D eigenvalue weighted by molar-refractivity contribution is 0.414. The number of anilines is 1. The molecule has 0 fully saturated rings. The highest BCUT2D eigenvalue weighted by atomic mass is 32.2. The first-order valence-electron chi connectivity index (χ1n) is 4.11. The van der Waals surface area contributed by atoms with Crippen molar-refractivity contribution in [3.8, 4) is 0 Å². The fraction of sp³-hybridized carbons (Fsp3) is 0.750. The molecule has 0 amide bonds. The van der Waals surface area contributed by atoms with E-state index in [1.807, 2.05) is 27.0 Å². The van der Waals surface area contributed by atoms with Crippen molar-refractivity contribution in [1.29, 1.82) is 0 Å². The van der Waals surface area contributed by atoms with Crippen molar-refractivity contribution in [2.24, 2.45) is 0 Å². The van der Waals surface area contributed by atoms with Gasteiger partial charge in [0.1, 0.15) is 0 Å². The van der Waals surface area contributed by atoms with E-state index >= 15 is 0 Å². The number of hydrogen-bond donors (Lipinski definition) is 1. The SMILES string of the molecule is CSCc1noc(NC(C)(C)C)n1. The summed E-state index contributed by atoms with van der Waals surface area (Å²) in [7, 11) is 0. The van der Waals surface area contributed by atoms with E-state index in [1.165, 1.54) is 0 Å². The molecule has 0 unspecified atom stereocenters. The molecule has 4 nitrogen and oxygen atoms in total. The van der Waals surface area contributed by atoms with Crippen LogP contribution < -0.4 is 5.32 Å². The highest BCUT2D eigenvalue weighted by Crippen LogP contribution is 2.13. The summed E-state index contributed by atoms with van der Waals surface area (Å²) in [6.45, 7) is 6.14. The minimum atomic E-state index is -0.0385. The first-order valence-corrected chi connectivity index (χ1v) is 5.50. The monoisotopic (exact) mass is 201 g/mol. The zero-order chi connectivity index (χ0) is 9.90. The van der Waals surface area contributed by atoms with Crippen molar-refractivity contribution >= 4 is 17.8 Å². The molecule has 13 heavy (non-hydrogen) atoms. The Hall–Kier alpha value is -0.710. The molecule has 1 rings (SSSR count). The quantitative estimate of drug-likeness (QED) is 0.812. The maximum atomic E-state index is 5.01. The van der Waals surface area contributed by atoms with Crippen LogP contribution in [-0.2, 0) is 5.75 Å². The molecule has 0 aromatic carbocycles. The van der Waals surface area contributed by atoms with E-state index < -0.39 is 0 Å². The summed E-state index contributed by atoms with van der Waals surface area (Å²) in [5.74, 6) is 1.52. The largest absolute Gasteiger partial charge is 0.333 e. The van der Waals surface area contributed by atoms with Crippen LogP contribution in [0.3, 0.4) is 0 Å². The van der Waals surface area contributed by atoms with Crippen LogP contribution in [0.2, 0.25) is 0 Å².